The molecule has 1 aromatic heterocycles. The molecule has 114 valence electrons. The molecule has 6 heteroatoms. The summed E-state index contributed by atoms with van der Waals surface area (Å²) in [6.45, 7) is 4.38. The predicted molar refractivity (Wildman–Crippen MR) is 76.0 cm³/mol. The minimum Gasteiger partial charge on any atom is -0.306 e. The first-order valence-electron chi connectivity index (χ1n) is 6.47. The van der Waals surface area contributed by atoms with E-state index < -0.39 is 17.6 Å². The summed E-state index contributed by atoms with van der Waals surface area (Å²) in [6, 6.07) is 2.79. The molecule has 0 saturated carbocycles. The molecule has 1 atom stereocenters. The zero-order valence-electron chi connectivity index (χ0n) is 11.6. The Kier molecular flexibility index (Phi) is 4.68. The van der Waals surface area contributed by atoms with Gasteiger partial charge in [0.25, 0.3) is 0 Å². The zero-order valence-corrected chi connectivity index (χ0v) is 12.4. The van der Waals surface area contributed by atoms with Crippen LogP contribution in [0.25, 0.3) is 0 Å². The fourth-order valence-electron chi connectivity index (χ4n) is 2.22. The largest absolute Gasteiger partial charge is 0.419 e. The van der Waals surface area contributed by atoms with Crippen molar-refractivity contribution in [1.29, 1.82) is 0 Å². The maximum atomic E-state index is 13.4. The van der Waals surface area contributed by atoms with Gasteiger partial charge in [-0.05, 0) is 53.1 Å². The Labute approximate surface area is 124 Å². The van der Waals surface area contributed by atoms with Gasteiger partial charge in [-0.25, -0.2) is 4.39 Å². The van der Waals surface area contributed by atoms with E-state index in [4.69, 9.17) is 0 Å². The van der Waals surface area contributed by atoms with Crippen LogP contribution in [0.3, 0.4) is 0 Å². The molecule has 1 heterocycles. The highest BCUT2D eigenvalue weighted by atomic mass is 32.1. The normalized spacial score (nSPS) is 13.4. The third-order valence-electron chi connectivity index (χ3n) is 3.24. The lowest BCUT2D eigenvalue weighted by Crippen LogP contribution is -2.23. The first-order valence-corrected chi connectivity index (χ1v) is 7.41. The molecule has 1 unspecified atom stereocenters. The Bertz CT molecular complexity index is 618. The van der Waals surface area contributed by atoms with E-state index in [-0.39, 0.29) is 6.04 Å². The fraction of sp³-hybridized carbons (Fsp3) is 0.333. The molecule has 0 bridgehead atoms. The molecule has 0 spiro atoms. The van der Waals surface area contributed by atoms with Crippen molar-refractivity contribution in [3.05, 3.63) is 57.0 Å². The molecule has 0 radical (unpaired) electrons. The van der Waals surface area contributed by atoms with Crippen LogP contribution >= 0.6 is 11.3 Å². The summed E-state index contributed by atoms with van der Waals surface area (Å²) in [7, 11) is 0. The Balaban J connectivity index is 2.49. The smallest absolute Gasteiger partial charge is 0.306 e. The molecular formula is C15H15F4NS. The number of rotatable bonds is 4. The molecule has 1 nitrogen and oxygen atoms in total. The molecule has 2 aromatic rings. The van der Waals surface area contributed by atoms with E-state index >= 15 is 0 Å². The van der Waals surface area contributed by atoms with Gasteiger partial charge >= 0.3 is 6.18 Å². The maximum Gasteiger partial charge on any atom is 0.419 e. The number of thiophene rings is 1. The van der Waals surface area contributed by atoms with Crippen LogP contribution in [0.15, 0.2) is 29.0 Å². The van der Waals surface area contributed by atoms with Gasteiger partial charge < -0.3 is 5.32 Å². The lowest BCUT2D eigenvalue weighted by atomic mass is 9.96. The third-order valence-corrected chi connectivity index (χ3v) is 4.12. The van der Waals surface area contributed by atoms with E-state index in [1.807, 2.05) is 24.6 Å². The van der Waals surface area contributed by atoms with Crippen molar-refractivity contribution in [2.24, 2.45) is 0 Å². The number of nitrogens with one attached hydrogen (secondary N) is 1. The lowest BCUT2D eigenvalue weighted by molar-refractivity contribution is -0.140. The molecular weight excluding hydrogens is 302 g/mol. The summed E-state index contributed by atoms with van der Waals surface area (Å²) in [6.07, 6.45) is -4.69. The second kappa shape index (κ2) is 6.15. The summed E-state index contributed by atoms with van der Waals surface area (Å²) in [4.78, 5) is 0. The van der Waals surface area contributed by atoms with Crippen molar-refractivity contribution >= 4 is 11.3 Å². The van der Waals surface area contributed by atoms with Gasteiger partial charge in [-0.2, -0.15) is 24.5 Å². The van der Waals surface area contributed by atoms with Crippen molar-refractivity contribution in [1.82, 2.24) is 5.32 Å². The quantitative estimate of drug-likeness (QED) is 0.790. The number of halogens is 4. The van der Waals surface area contributed by atoms with Crippen molar-refractivity contribution in [2.75, 3.05) is 6.54 Å². The van der Waals surface area contributed by atoms with E-state index in [9.17, 15) is 17.6 Å². The lowest BCUT2D eigenvalue weighted by Gasteiger charge is -2.20. The first-order chi connectivity index (χ1) is 9.84. The molecule has 0 aliphatic rings. The van der Waals surface area contributed by atoms with Crippen LogP contribution in [-0.4, -0.2) is 6.54 Å². The Hall–Kier alpha value is -1.40. The molecule has 0 saturated heterocycles. The topological polar surface area (TPSA) is 12.0 Å². The molecule has 1 N–H and O–H groups in total. The molecule has 1 aromatic carbocycles. The minimum atomic E-state index is -4.69. The highest BCUT2D eigenvalue weighted by Gasteiger charge is 2.34. The van der Waals surface area contributed by atoms with Crippen molar-refractivity contribution in [2.45, 2.75) is 26.1 Å². The molecule has 0 fully saturated rings. The molecule has 0 aliphatic heterocycles. The maximum absolute atomic E-state index is 13.4. The summed E-state index contributed by atoms with van der Waals surface area (Å²) >= 11 is 1.49. The second-order valence-electron chi connectivity index (χ2n) is 4.74. The van der Waals surface area contributed by atoms with E-state index in [0.717, 1.165) is 23.3 Å². The number of hydrogen-bond donors (Lipinski definition) is 1. The standard InChI is InChI=1S/C15H15F4NS/c1-3-20-14(11-8-21-7-9(11)2)10-4-5-13(16)12(6-10)15(17,18)19/h4-8,14,20H,3H2,1-2H3. The number of hydrogen-bond acceptors (Lipinski definition) is 2. The van der Waals surface area contributed by atoms with Crippen molar-refractivity contribution < 1.29 is 17.6 Å². The fourth-order valence-corrected chi connectivity index (χ4v) is 3.09. The SMILES string of the molecule is CCNC(c1ccc(F)c(C(F)(F)F)c1)c1cscc1C. The van der Waals surface area contributed by atoms with Gasteiger partial charge in [-0.15, -0.1) is 0 Å². The Morgan fingerprint density at radius 3 is 2.48 bits per heavy atom. The number of benzene rings is 1. The average Bonchev–Trinajstić information content (AvgIpc) is 2.82. The van der Waals surface area contributed by atoms with E-state index in [0.29, 0.717) is 12.1 Å². The highest BCUT2D eigenvalue weighted by molar-refractivity contribution is 7.08. The van der Waals surface area contributed by atoms with Gasteiger partial charge in [0.15, 0.2) is 0 Å². The van der Waals surface area contributed by atoms with Crippen LogP contribution in [0.2, 0.25) is 0 Å². The van der Waals surface area contributed by atoms with Crippen LogP contribution in [0.1, 0.15) is 35.2 Å². The van der Waals surface area contributed by atoms with Gasteiger partial charge in [0.2, 0.25) is 0 Å². The van der Waals surface area contributed by atoms with Crippen LogP contribution in [0, 0.1) is 12.7 Å². The number of alkyl halides is 3. The van der Waals surface area contributed by atoms with Gasteiger partial charge in [0.1, 0.15) is 5.82 Å². The van der Waals surface area contributed by atoms with Gasteiger partial charge in [0, 0.05) is 0 Å². The predicted octanol–water partition coefficient (Wildman–Crippen LogP) is 4.91. The summed E-state index contributed by atoms with van der Waals surface area (Å²) in [5, 5.41) is 7.00. The van der Waals surface area contributed by atoms with E-state index in [1.54, 1.807) is 0 Å². The molecule has 0 aliphatic carbocycles. The van der Waals surface area contributed by atoms with Gasteiger partial charge in [-0.1, -0.05) is 13.0 Å². The van der Waals surface area contributed by atoms with Crippen molar-refractivity contribution in [3.8, 4) is 0 Å². The van der Waals surface area contributed by atoms with Gasteiger partial charge in [-0.3, -0.25) is 0 Å². The average molecular weight is 317 g/mol. The van der Waals surface area contributed by atoms with E-state index in [1.165, 1.54) is 17.4 Å². The molecule has 0 amide bonds. The van der Waals surface area contributed by atoms with Crippen LogP contribution in [0.4, 0.5) is 17.6 Å². The Morgan fingerprint density at radius 1 is 1.24 bits per heavy atom. The molecule has 2 rings (SSSR count). The first kappa shape index (κ1) is 16.0. The zero-order chi connectivity index (χ0) is 15.6. The van der Waals surface area contributed by atoms with Gasteiger partial charge in [0.05, 0.1) is 11.6 Å². The number of aryl methyl sites for hydroxylation is 1. The van der Waals surface area contributed by atoms with Crippen LogP contribution in [0.5, 0.6) is 0 Å². The summed E-state index contributed by atoms with van der Waals surface area (Å²) in [5.41, 5.74) is 1.10. The summed E-state index contributed by atoms with van der Waals surface area (Å²) in [5.74, 6) is -1.25. The van der Waals surface area contributed by atoms with Crippen LogP contribution in [-0.2, 0) is 6.18 Å². The second-order valence-corrected chi connectivity index (χ2v) is 5.48. The Morgan fingerprint density at radius 2 is 1.95 bits per heavy atom. The highest BCUT2D eigenvalue weighted by Crippen LogP contribution is 2.35. The summed E-state index contributed by atoms with van der Waals surface area (Å²) < 4.78 is 51.9. The monoisotopic (exact) mass is 317 g/mol. The van der Waals surface area contributed by atoms with E-state index in [2.05, 4.69) is 5.32 Å². The van der Waals surface area contributed by atoms with Crippen molar-refractivity contribution in [3.63, 3.8) is 0 Å². The van der Waals surface area contributed by atoms with Crippen LogP contribution < -0.4 is 5.32 Å². The molecule has 21 heavy (non-hydrogen) atoms. The minimum absolute atomic E-state index is 0.372. The third kappa shape index (κ3) is 3.44.